The van der Waals surface area contributed by atoms with E-state index in [9.17, 15) is 8.42 Å². The maximum atomic E-state index is 12.3. The molecule has 18 heavy (non-hydrogen) atoms. The van der Waals surface area contributed by atoms with Crippen molar-refractivity contribution in [1.82, 2.24) is 4.98 Å². The molecule has 1 aromatic heterocycles. The van der Waals surface area contributed by atoms with Gasteiger partial charge in [0.15, 0.2) is 9.84 Å². The maximum absolute atomic E-state index is 12.3. The third kappa shape index (κ3) is 2.90. The van der Waals surface area contributed by atoms with E-state index in [1.807, 2.05) is 0 Å². The normalized spacial score (nSPS) is 11.4. The lowest BCUT2D eigenvalue weighted by Gasteiger charge is -2.09. The van der Waals surface area contributed by atoms with Gasteiger partial charge in [0.25, 0.3) is 0 Å². The van der Waals surface area contributed by atoms with Crippen LogP contribution in [0.3, 0.4) is 0 Å². The van der Waals surface area contributed by atoms with Gasteiger partial charge >= 0.3 is 0 Å². The lowest BCUT2D eigenvalue weighted by molar-refractivity contribution is 0.402. The molecule has 4 nitrogen and oxygen atoms in total. The Kier molecular flexibility index (Phi) is 4.04. The first-order valence-electron chi connectivity index (χ1n) is 4.96. The number of methoxy groups -OCH3 is 1. The highest BCUT2D eigenvalue weighted by molar-refractivity contribution is 9.10. The van der Waals surface area contributed by atoms with Crippen molar-refractivity contribution in [1.29, 1.82) is 0 Å². The van der Waals surface area contributed by atoms with Gasteiger partial charge in [-0.05, 0) is 18.2 Å². The van der Waals surface area contributed by atoms with E-state index < -0.39 is 9.84 Å². The molecule has 0 aliphatic rings. The highest BCUT2D eigenvalue weighted by Crippen LogP contribution is 2.29. The number of ether oxygens (including phenoxy) is 1. The minimum atomic E-state index is -3.46. The van der Waals surface area contributed by atoms with Crippen LogP contribution in [0.2, 0.25) is 0 Å². The second-order valence-corrected chi connectivity index (χ2v) is 7.13. The number of hydrogen-bond donors (Lipinski definition) is 0. The van der Waals surface area contributed by atoms with Gasteiger partial charge in [-0.25, -0.2) is 13.4 Å². The first-order chi connectivity index (χ1) is 8.53. The Morgan fingerprint density at radius 3 is 2.83 bits per heavy atom. The Morgan fingerprint density at radius 2 is 2.22 bits per heavy atom. The first kappa shape index (κ1) is 13.5. The summed E-state index contributed by atoms with van der Waals surface area (Å²) in [7, 11) is -2.01. The molecule has 96 valence electrons. The minimum absolute atomic E-state index is 0.122. The molecule has 2 aromatic rings. The third-order valence-corrected chi connectivity index (χ3v) is 5.08. The van der Waals surface area contributed by atoms with E-state index in [0.29, 0.717) is 15.9 Å². The van der Waals surface area contributed by atoms with Crippen molar-refractivity contribution in [3.05, 3.63) is 39.3 Å². The molecule has 1 heterocycles. The van der Waals surface area contributed by atoms with Gasteiger partial charge in [0.05, 0.1) is 24.1 Å². The zero-order chi connectivity index (χ0) is 13.2. The van der Waals surface area contributed by atoms with Crippen LogP contribution in [0.15, 0.2) is 38.5 Å². The summed E-state index contributed by atoms with van der Waals surface area (Å²) >= 11 is 4.63. The molecule has 0 spiro atoms. The van der Waals surface area contributed by atoms with Gasteiger partial charge in [0, 0.05) is 9.85 Å². The molecular weight excluding hydrogens is 338 g/mol. The molecular formula is C11H10BrNO3S2. The minimum Gasteiger partial charge on any atom is -0.495 e. The summed E-state index contributed by atoms with van der Waals surface area (Å²) in [5.41, 5.74) is 2.16. The zero-order valence-electron chi connectivity index (χ0n) is 9.46. The quantitative estimate of drug-likeness (QED) is 0.853. The summed E-state index contributed by atoms with van der Waals surface area (Å²) in [6, 6.07) is 4.90. The SMILES string of the molecule is COc1ccc(Br)cc1S(=O)(=O)Cc1cscn1. The van der Waals surface area contributed by atoms with Crippen LogP contribution >= 0.6 is 27.3 Å². The summed E-state index contributed by atoms with van der Waals surface area (Å²) in [5.74, 6) is 0.219. The largest absolute Gasteiger partial charge is 0.495 e. The lowest BCUT2D eigenvalue weighted by Crippen LogP contribution is -2.07. The van der Waals surface area contributed by atoms with E-state index in [0.717, 1.165) is 0 Å². The van der Waals surface area contributed by atoms with Crippen LogP contribution < -0.4 is 4.74 Å². The van der Waals surface area contributed by atoms with E-state index in [4.69, 9.17) is 4.74 Å². The molecule has 1 aromatic carbocycles. The summed E-state index contributed by atoms with van der Waals surface area (Å²) in [6.45, 7) is 0. The summed E-state index contributed by atoms with van der Waals surface area (Å²) in [5, 5.41) is 1.72. The number of halogens is 1. The molecule has 0 saturated heterocycles. The molecule has 0 N–H and O–H groups in total. The van der Waals surface area contributed by atoms with Gasteiger partial charge < -0.3 is 4.74 Å². The molecule has 2 rings (SSSR count). The Labute approximate surface area is 118 Å². The Hall–Kier alpha value is -0.920. The van der Waals surface area contributed by atoms with Crippen molar-refractivity contribution in [2.45, 2.75) is 10.6 Å². The van der Waals surface area contributed by atoms with E-state index in [1.54, 1.807) is 29.1 Å². The second-order valence-electron chi connectivity index (χ2n) is 3.53. The average molecular weight is 348 g/mol. The topological polar surface area (TPSA) is 56.3 Å². The van der Waals surface area contributed by atoms with Gasteiger partial charge in [-0.15, -0.1) is 11.3 Å². The van der Waals surface area contributed by atoms with E-state index in [-0.39, 0.29) is 10.6 Å². The fourth-order valence-corrected chi connectivity index (χ4v) is 4.12. The van der Waals surface area contributed by atoms with Crippen LogP contribution in [0.25, 0.3) is 0 Å². The van der Waals surface area contributed by atoms with Crippen molar-refractivity contribution >= 4 is 37.1 Å². The van der Waals surface area contributed by atoms with Crippen LogP contribution in [0.5, 0.6) is 5.75 Å². The van der Waals surface area contributed by atoms with Crippen molar-refractivity contribution in [2.75, 3.05) is 7.11 Å². The first-order valence-corrected chi connectivity index (χ1v) is 8.35. The van der Waals surface area contributed by atoms with Crippen LogP contribution in [0.4, 0.5) is 0 Å². The third-order valence-electron chi connectivity index (χ3n) is 2.28. The van der Waals surface area contributed by atoms with Gasteiger partial charge in [-0.3, -0.25) is 0 Å². The number of benzene rings is 1. The van der Waals surface area contributed by atoms with E-state index in [1.165, 1.54) is 18.4 Å². The Morgan fingerprint density at radius 1 is 1.44 bits per heavy atom. The van der Waals surface area contributed by atoms with Gasteiger partial charge in [-0.1, -0.05) is 15.9 Å². The summed E-state index contributed by atoms with van der Waals surface area (Å²) in [6.07, 6.45) is 0. The van der Waals surface area contributed by atoms with Crippen LogP contribution in [0.1, 0.15) is 5.69 Å². The molecule has 0 aliphatic carbocycles. The van der Waals surface area contributed by atoms with E-state index >= 15 is 0 Å². The predicted molar refractivity (Wildman–Crippen MR) is 73.7 cm³/mol. The molecule has 7 heteroatoms. The number of nitrogens with zero attached hydrogens (tertiary/aromatic N) is 1. The lowest BCUT2D eigenvalue weighted by atomic mass is 10.3. The molecule has 0 unspecified atom stereocenters. The van der Waals surface area contributed by atoms with Gasteiger partial charge in [-0.2, -0.15) is 0 Å². The molecule has 0 amide bonds. The van der Waals surface area contributed by atoms with Gasteiger partial charge in [0.2, 0.25) is 0 Å². The van der Waals surface area contributed by atoms with Crippen LogP contribution in [-0.4, -0.2) is 20.5 Å². The fraction of sp³-hybridized carbons (Fsp3) is 0.182. The molecule has 0 saturated carbocycles. The molecule has 0 fully saturated rings. The van der Waals surface area contributed by atoms with Crippen LogP contribution in [-0.2, 0) is 15.6 Å². The summed E-state index contributed by atoms with van der Waals surface area (Å²) in [4.78, 5) is 4.17. The molecule has 0 aliphatic heterocycles. The standard InChI is InChI=1S/C11H10BrNO3S2/c1-16-10-3-2-8(12)4-11(10)18(14,15)6-9-5-17-7-13-9/h2-5,7H,6H2,1H3. The number of aromatic nitrogens is 1. The Bertz CT molecular complexity index is 638. The summed E-state index contributed by atoms with van der Waals surface area (Å²) < 4.78 is 30.4. The number of hydrogen-bond acceptors (Lipinski definition) is 5. The van der Waals surface area contributed by atoms with Crippen LogP contribution in [0, 0.1) is 0 Å². The van der Waals surface area contributed by atoms with Crippen molar-refractivity contribution < 1.29 is 13.2 Å². The number of thiazole rings is 1. The second kappa shape index (κ2) is 5.38. The smallest absolute Gasteiger partial charge is 0.187 e. The van der Waals surface area contributed by atoms with Crippen molar-refractivity contribution in [3.8, 4) is 5.75 Å². The molecule has 0 bridgehead atoms. The Balaban J connectivity index is 2.43. The highest BCUT2D eigenvalue weighted by atomic mass is 79.9. The molecule has 0 radical (unpaired) electrons. The molecule has 0 atom stereocenters. The highest BCUT2D eigenvalue weighted by Gasteiger charge is 2.21. The van der Waals surface area contributed by atoms with Crippen molar-refractivity contribution in [3.63, 3.8) is 0 Å². The monoisotopic (exact) mass is 347 g/mol. The van der Waals surface area contributed by atoms with E-state index in [2.05, 4.69) is 20.9 Å². The van der Waals surface area contributed by atoms with Gasteiger partial charge in [0.1, 0.15) is 10.6 Å². The number of sulfone groups is 1. The number of rotatable bonds is 4. The predicted octanol–water partition coefficient (Wildman–Crippen LogP) is 2.89. The average Bonchev–Trinajstić information content (AvgIpc) is 2.81. The van der Waals surface area contributed by atoms with Crippen molar-refractivity contribution in [2.24, 2.45) is 0 Å². The fourth-order valence-electron chi connectivity index (χ4n) is 1.47. The maximum Gasteiger partial charge on any atom is 0.187 e. The zero-order valence-corrected chi connectivity index (χ0v) is 12.7.